The second kappa shape index (κ2) is 12.9. The molecule has 0 unspecified atom stereocenters. The monoisotopic (exact) mass is 658 g/mol. The van der Waals surface area contributed by atoms with E-state index in [0.29, 0.717) is 47.7 Å². The summed E-state index contributed by atoms with van der Waals surface area (Å²) in [7, 11) is 1.58. The van der Waals surface area contributed by atoms with Crippen LogP contribution >= 0.6 is 34.5 Å². The second-order valence-electron chi connectivity index (χ2n) is 10.3. The minimum Gasteiger partial charge on any atom is -0.496 e. The third-order valence-corrected chi connectivity index (χ3v) is 9.10. The first-order chi connectivity index (χ1) is 21.8. The zero-order chi connectivity index (χ0) is 31.7. The molecule has 0 saturated carbocycles. The Morgan fingerprint density at radius 1 is 1.04 bits per heavy atom. The number of esters is 1. The van der Waals surface area contributed by atoms with Crippen molar-refractivity contribution >= 4 is 57.4 Å². The van der Waals surface area contributed by atoms with Gasteiger partial charge in [0, 0.05) is 21.2 Å². The van der Waals surface area contributed by atoms with Crippen molar-refractivity contribution < 1.29 is 19.0 Å². The van der Waals surface area contributed by atoms with Gasteiger partial charge >= 0.3 is 5.97 Å². The van der Waals surface area contributed by atoms with Gasteiger partial charge < -0.3 is 14.2 Å². The van der Waals surface area contributed by atoms with Gasteiger partial charge in [0.15, 0.2) is 4.80 Å². The maximum absolute atomic E-state index is 14.2. The smallest absolute Gasteiger partial charge is 0.338 e. The lowest BCUT2D eigenvalue weighted by Gasteiger charge is -2.27. The van der Waals surface area contributed by atoms with E-state index in [2.05, 4.69) is 0 Å². The zero-order valence-corrected chi connectivity index (χ0v) is 27.0. The fraction of sp³-hybridized carbons (Fsp3) is 0.171. The number of rotatable bonds is 8. The summed E-state index contributed by atoms with van der Waals surface area (Å²) in [5, 5.41) is 2.92. The van der Waals surface area contributed by atoms with Gasteiger partial charge in [-0.25, -0.2) is 9.79 Å². The first-order valence-corrected chi connectivity index (χ1v) is 15.8. The molecule has 1 aromatic heterocycles. The molecule has 4 aromatic carbocycles. The summed E-state index contributed by atoms with van der Waals surface area (Å²) in [5.74, 6) is 0.682. The minimum atomic E-state index is -0.807. The van der Waals surface area contributed by atoms with E-state index in [4.69, 9.17) is 42.4 Å². The third kappa shape index (κ3) is 6.01. The summed E-state index contributed by atoms with van der Waals surface area (Å²) in [6.45, 7) is 3.99. The minimum absolute atomic E-state index is 0.186. The van der Waals surface area contributed by atoms with Gasteiger partial charge in [-0.1, -0.05) is 83.1 Å². The van der Waals surface area contributed by atoms with Crippen LogP contribution in [0.3, 0.4) is 0 Å². The van der Waals surface area contributed by atoms with Gasteiger partial charge in [0.05, 0.1) is 29.5 Å². The van der Waals surface area contributed by atoms with Crippen molar-refractivity contribution in [3.05, 3.63) is 137 Å². The number of benzene rings is 4. The van der Waals surface area contributed by atoms with Crippen LogP contribution in [0.15, 0.2) is 99.9 Å². The Morgan fingerprint density at radius 3 is 2.56 bits per heavy atom. The number of aromatic nitrogens is 1. The van der Waals surface area contributed by atoms with E-state index in [9.17, 15) is 9.59 Å². The molecule has 0 bridgehead atoms. The number of carbonyl (C=O) groups excluding carboxylic acids is 1. The third-order valence-electron chi connectivity index (χ3n) is 7.53. The van der Waals surface area contributed by atoms with E-state index in [1.165, 1.54) is 11.3 Å². The Morgan fingerprint density at radius 2 is 1.82 bits per heavy atom. The highest BCUT2D eigenvalue weighted by Crippen LogP contribution is 2.40. The number of hydrogen-bond donors (Lipinski definition) is 0. The SMILES string of the molecule is CCOC(=O)C1=C(C)N=c2s/c(=C/c3ccc(OCc4ccc(Cl)cc4Cl)cc3)c(=O)n2[C@H]1c1c(OC)ccc2ccccc12. The van der Waals surface area contributed by atoms with Gasteiger partial charge in [0.25, 0.3) is 5.56 Å². The van der Waals surface area contributed by atoms with Crippen molar-refractivity contribution in [3.8, 4) is 11.5 Å². The lowest BCUT2D eigenvalue weighted by molar-refractivity contribution is -0.139. The van der Waals surface area contributed by atoms with Gasteiger partial charge in [0.2, 0.25) is 0 Å². The molecule has 6 rings (SSSR count). The van der Waals surface area contributed by atoms with Gasteiger partial charge in [-0.2, -0.15) is 0 Å². The molecule has 1 aliphatic heterocycles. The highest BCUT2D eigenvalue weighted by atomic mass is 35.5. The fourth-order valence-corrected chi connectivity index (χ4v) is 6.92. The quantitative estimate of drug-likeness (QED) is 0.171. The number of fused-ring (bicyclic) bond motifs is 2. The molecule has 0 N–H and O–H groups in total. The molecule has 10 heteroatoms. The first-order valence-electron chi connectivity index (χ1n) is 14.2. The highest BCUT2D eigenvalue weighted by Gasteiger charge is 2.36. The number of nitrogens with zero attached hydrogens (tertiary/aromatic N) is 2. The van der Waals surface area contributed by atoms with Crippen LogP contribution in [0.4, 0.5) is 0 Å². The van der Waals surface area contributed by atoms with Crippen LogP contribution in [0, 0.1) is 0 Å². The number of halogens is 2. The number of ether oxygens (including phenoxy) is 3. The van der Waals surface area contributed by atoms with E-state index < -0.39 is 12.0 Å². The molecule has 0 fully saturated rings. The number of carbonyl (C=O) groups is 1. The van der Waals surface area contributed by atoms with Crippen LogP contribution in [0.1, 0.15) is 36.6 Å². The van der Waals surface area contributed by atoms with E-state index in [1.54, 1.807) is 37.7 Å². The van der Waals surface area contributed by atoms with Gasteiger partial charge in [-0.05, 0) is 66.6 Å². The highest BCUT2D eigenvalue weighted by molar-refractivity contribution is 7.07. The van der Waals surface area contributed by atoms with Crippen molar-refractivity contribution in [2.24, 2.45) is 4.99 Å². The molecular weight excluding hydrogens is 631 g/mol. The van der Waals surface area contributed by atoms with Crippen LogP contribution in [0.5, 0.6) is 11.5 Å². The van der Waals surface area contributed by atoms with Crippen molar-refractivity contribution in [2.75, 3.05) is 13.7 Å². The number of hydrogen-bond acceptors (Lipinski definition) is 7. The summed E-state index contributed by atoms with van der Waals surface area (Å²) in [6.07, 6.45) is 1.81. The van der Waals surface area contributed by atoms with Crippen LogP contribution in [0.2, 0.25) is 10.0 Å². The normalized spacial score (nSPS) is 14.7. The summed E-state index contributed by atoms with van der Waals surface area (Å²) in [4.78, 5) is 32.8. The number of allylic oxidation sites excluding steroid dienone is 1. The lowest BCUT2D eigenvalue weighted by Crippen LogP contribution is -2.40. The topological polar surface area (TPSA) is 79.1 Å². The maximum Gasteiger partial charge on any atom is 0.338 e. The molecule has 228 valence electrons. The number of thiazole rings is 1. The van der Waals surface area contributed by atoms with E-state index in [-0.39, 0.29) is 18.8 Å². The average Bonchev–Trinajstić information content (AvgIpc) is 3.33. The molecule has 2 heterocycles. The van der Waals surface area contributed by atoms with Crippen molar-refractivity contribution in [1.29, 1.82) is 0 Å². The van der Waals surface area contributed by atoms with Crippen molar-refractivity contribution in [2.45, 2.75) is 26.5 Å². The Kier molecular flexibility index (Phi) is 8.81. The van der Waals surface area contributed by atoms with Crippen LogP contribution in [-0.2, 0) is 16.1 Å². The second-order valence-corrected chi connectivity index (χ2v) is 12.2. The van der Waals surface area contributed by atoms with Gasteiger partial charge in [-0.15, -0.1) is 0 Å². The summed E-state index contributed by atoms with van der Waals surface area (Å²) in [5.41, 5.74) is 2.84. The molecular formula is C35H28Cl2N2O5S. The fourth-order valence-electron chi connectivity index (χ4n) is 5.41. The Hall–Kier alpha value is -4.37. The predicted octanol–water partition coefficient (Wildman–Crippen LogP) is 6.85. The Balaban J connectivity index is 1.42. The van der Waals surface area contributed by atoms with Gasteiger partial charge in [0.1, 0.15) is 24.1 Å². The van der Waals surface area contributed by atoms with Gasteiger partial charge in [-0.3, -0.25) is 9.36 Å². The molecule has 0 aliphatic carbocycles. The summed E-state index contributed by atoms with van der Waals surface area (Å²) < 4.78 is 19.2. The van der Waals surface area contributed by atoms with E-state index in [0.717, 1.165) is 21.9 Å². The van der Waals surface area contributed by atoms with E-state index >= 15 is 0 Å². The molecule has 0 amide bonds. The predicted molar refractivity (Wildman–Crippen MR) is 178 cm³/mol. The lowest BCUT2D eigenvalue weighted by atomic mass is 9.90. The first kappa shape index (κ1) is 30.6. The van der Waals surface area contributed by atoms with Crippen molar-refractivity contribution in [3.63, 3.8) is 0 Å². The average molecular weight is 660 g/mol. The van der Waals surface area contributed by atoms with Crippen LogP contribution in [-0.4, -0.2) is 24.3 Å². The molecule has 5 aromatic rings. The maximum atomic E-state index is 14.2. The molecule has 1 atom stereocenters. The summed E-state index contributed by atoms with van der Waals surface area (Å²) >= 11 is 13.5. The molecule has 0 radical (unpaired) electrons. The standard InChI is InChI=1S/C35H28Cl2N2O5S/c1-4-43-34(41)30-20(2)38-35-39(32(30)31-26-8-6-5-7-22(26)12-16-28(31)42-3)33(40)29(45-35)17-21-9-14-25(15-10-21)44-19-23-11-13-24(36)18-27(23)37/h5-18,32H,4,19H2,1-3H3/b29-17+/t32-/m1/s1. The number of methoxy groups -OCH3 is 1. The van der Waals surface area contributed by atoms with Crippen molar-refractivity contribution in [1.82, 2.24) is 4.57 Å². The molecule has 1 aliphatic rings. The molecule has 45 heavy (non-hydrogen) atoms. The largest absolute Gasteiger partial charge is 0.496 e. The molecule has 7 nitrogen and oxygen atoms in total. The molecule has 0 spiro atoms. The summed E-state index contributed by atoms with van der Waals surface area (Å²) in [6, 6.07) is 23.5. The Bertz CT molecular complexity index is 2150. The zero-order valence-electron chi connectivity index (χ0n) is 24.7. The van der Waals surface area contributed by atoms with E-state index in [1.807, 2.05) is 72.8 Å². The Labute approximate surface area is 273 Å². The van der Waals surface area contributed by atoms with Crippen LogP contribution < -0.4 is 24.4 Å². The molecule has 0 saturated heterocycles. The van der Waals surface area contributed by atoms with Crippen LogP contribution in [0.25, 0.3) is 16.8 Å².